The van der Waals surface area contributed by atoms with Gasteiger partial charge in [0.25, 0.3) is 5.91 Å². The second-order valence-electron chi connectivity index (χ2n) is 5.66. The molecular formula is C21H17N3O. The average Bonchev–Trinajstić information content (AvgIpc) is 2.64. The van der Waals surface area contributed by atoms with Gasteiger partial charge in [-0.3, -0.25) is 4.79 Å². The lowest BCUT2D eigenvalue weighted by molar-refractivity contribution is 0.102. The monoisotopic (exact) mass is 327 g/mol. The third kappa shape index (κ3) is 4.04. The van der Waals surface area contributed by atoms with Gasteiger partial charge >= 0.3 is 0 Å². The fraction of sp³-hybridized carbons (Fsp3) is 0.0476. The van der Waals surface area contributed by atoms with Gasteiger partial charge in [-0.25, -0.2) is 0 Å². The first-order chi connectivity index (χ1) is 12.2. The molecule has 0 atom stereocenters. The van der Waals surface area contributed by atoms with E-state index in [1.165, 1.54) is 0 Å². The van der Waals surface area contributed by atoms with E-state index in [-0.39, 0.29) is 5.91 Å². The Kier molecular flexibility index (Phi) is 4.77. The van der Waals surface area contributed by atoms with Gasteiger partial charge < -0.3 is 10.6 Å². The summed E-state index contributed by atoms with van der Waals surface area (Å²) in [6.07, 6.45) is 0. The zero-order valence-electron chi connectivity index (χ0n) is 13.8. The van der Waals surface area contributed by atoms with E-state index in [4.69, 9.17) is 5.26 Å². The highest BCUT2D eigenvalue weighted by Gasteiger charge is 2.08. The first-order valence-corrected chi connectivity index (χ1v) is 7.90. The Bertz CT molecular complexity index is 923. The van der Waals surface area contributed by atoms with Crippen molar-refractivity contribution in [2.75, 3.05) is 10.6 Å². The summed E-state index contributed by atoms with van der Waals surface area (Å²) in [4.78, 5) is 12.3. The van der Waals surface area contributed by atoms with Crippen molar-refractivity contribution >= 4 is 23.0 Å². The number of nitrogens with zero attached hydrogens (tertiary/aromatic N) is 1. The second kappa shape index (κ2) is 7.33. The van der Waals surface area contributed by atoms with Gasteiger partial charge in [-0.15, -0.1) is 0 Å². The van der Waals surface area contributed by atoms with Gasteiger partial charge in [-0.1, -0.05) is 18.2 Å². The van der Waals surface area contributed by atoms with Crippen molar-refractivity contribution in [3.8, 4) is 6.07 Å². The maximum absolute atomic E-state index is 12.3. The van der Waals surface area contributed by atoms with E-state index in [1.807, 2.05) is 67.6 Å². The number of nitriles is 1. The van der Waals surface area contributed by atoms with E-state index in [9.17, 15) is 4.79 Å². The fourth-order valence-corrected chi connectivity index (χ4v) is 2.46. The largest absolute Gasteiger partial charge is 0.356 e. The molecule has 4 nitrogen and oxygen atoms in total. The van der Waals surface area contributed by atoms with E-state index in [2.05, 4.69) is 16.7 Å². The van der Waals surface area contributed by atoms with Crippen LogP contribution in [0.25, 0.3) is 0 Å². The van der Waals surface area contributed by atoms with Crippen molar-refractivity contribution in [2.45, 2.75) is 6.92 Å². The normalized spacial score (nSPS) is 9.92. The van der Waals surface area contributed by atoms with Crippen LogP contribution in [0.15, 0.2) is 72.8 Å². The number of rotatable bonds is 4. The van der Waals surface area contributed by atoms with E-state index < -0.39 is 0 Å². The van der Waals surface area contributed by atoms with E-state index >= 15 is 0 Å². The van der Waals surface area contributed by atoms with Gasteiger partial charge in [0.1, 0.15) is 0 Å². The molecule has 0 fully saturated rings. The number of anilines is 3. The number of hydrogen-bond acceptors (Lipinski definition) is 3. The highest BCUT2D eigenvalue weighted by Crippen LogP contribution is 2.20. The minimum Gasteiger partial charge on any atom is -0.356 e. The molecule has 1 amide bonds. The molecule has 0 aliphatic rings. The summed E-state index contributed by atoms with van der Waals surface area (Å²) in [6.45, 7) is 1.92. The molecule has 3 aromatic rings. The van der Waals surface area contributed by atoms with Crippen LogP contribution in [0.5, 0.6) is 0 Å². The molecular weight excluding hydrogens is 310 g/mol. The Morgan fingerprint density at radius 2 is 1.40 bits per heavy atom. The van der Waals surface area contributed by atoms with E-state index in [0.717, 1.165) is 22.6 Å². The van der Waals surface area contributed by atoms with Crippen LogP contribution in [0.1, 0.15) is 21.5 Å². The summed E-state index contributed by atoms with van der Waals surface area (Å²) in [5.74, 6) is -0.120. The van der Waals surface area contributed by atoms with Crippen molar-refractivity contribution in [3.63, 3.8) is 0 Å². The van der Waals surface area contributed by atoms with Crippen LogP contribution in [0.2, 0.25) is 0 Å². The number of amides is 1. The first-order valence-electron chi connectivity index (χ1n) is 7.90. The molecule has 0 unspecified atom stereocenters. The Labute approximate surface area is 146 Å². The van der Waals surface area contributed by atoms with Gasteiger partial charge in [-0.2, -0.15) is 5.26 Å². The molecule has 0 radical (unpaired) electrons. The van der Waals surface area contributed by atoms with Crippen molar-refractivity contribution in [1.82, 2.24) is 0 Å². The predicted molar refractivity (Wildman–Crippen MR) is 100 cm³/mol. The lowest BCUT2D eigenvalue weighted by Crippen LogP contribution is -2.13. The number of benzene rings is 3. The highest BCUT2D eigenvalue weighted by atomic mass is 16.1. The molecule has 4 heteroatoms. The topological polar surface area (TPSA) is 64.9 Å². The summed E-state index contributed by atoms with van der Waals surface area (Å²) in [6, 6.07) is 24.3. The summed E-state index contributed by atoms with van der Waals surface area (Å²) in [5.41, 5.74) is 4.77. The molecule has 0 aliphatic carbocycles. The minimum absolute atomic E-state index is 0.120. The zero-order chi connectivity index (χ0) is 17.6. The molecule has 0 bridgehead atoms. The van der Waals surface area contributed by atoms with Crippen molar-refractivity contribution in [3.05, 3.63) is 89.5 Å². The molecule has 3 aromatic carbocycles. The fourth-order valence-electron chi connectivity index (χ4n) is 2.46. The average molecular weight is 327 g/mol. The zero-order valence-corrected chi connectivity index (χ0v) is 13.8. The second-order valence-corrected chi connectivity index (χ2v) is 5.66. The summed E-state index contributed by atoms with van der Waals surface area (Å²) in [5, 5.41) is 15.0. The van der Waals surface area contributed by atoms with Crippen LogP contribution >= 0.6 is 0 Å². The summed E-state index contributed by atoms with van der Waals surface area (Å²) in [7, 11) is 0. The Morgan fingerprint density at radius 1 is 0.840 bits per heavy atom. The molecule has 0 aromatic heterocycles. The summed E-state index contributed by atoms with van der Waals surface area (Å²) < 4.78 is 0. The maximum Gasteiger partial charge on any atom is 0.255 e. The predicted octanol–water partition coefficient (Wildman–Crippen LogP) is 4.86. The molecule has 3 rings (SSSR count). The molecule has 0 saturated heterocycles. The van der Waals surface area contributed by atoms with Crippen molar-refractivity contribution < 1.29 is 4.79 Å². The molecule has 25 heavy (non-hydrogen) atoms. The number of carbonyl (C=O) groups excluding carboxylic acids is 1. The van der Waals surface area contributed by atoms with Gasteiger partial charge in [0.15, 0.2) is 0 Å². The minimum atomic E-state index is -0.120. The first kappa shape index (κ1) is 16.3. The third-order valence-corrected chi connectivity index (χ3v) is 3.84. The lowest BCUT2D eigenvalue weighted by atomic mass is 10.1. The molecule has 0 heterocycles. The number of nitrogens with one attached hydrogen (secondary N) is 2. The third-order valence-electron chi connectivity index (χ3n) is 3.84. The van der Waals surface area contributed by atoms with Crippen LogP contribution in [0, 0.1) is 18.3 Å². The standard InChI is InChI=1S/C21H17N3O/c1-15-4-2-3-5-20(15)21(25)24-19-12-10-18(11-13-19)23-17-8-6-16(14-22)7-9-17/h2-13,23H,1H3,(H,24,25). The molecule has 0 aliphatic heterocycles. The smallest absolute Gasteiger partial charge is 0.255 e. The number of hydrogen-bond donors (Lipinski definition) is 2. The number of carbonyl (C=O) groups is 1. The van der Waals surface area contributed by atoms with Crippen LogP contribution in [-0.4, -0.2) is 5.91 Å². The highest BCUT2D eigenvalue weighted by molar-refractivity contribution is 6.05. The molecule has 0 spiro atoms. The van der Waals surface area contributed by atoms with E-state index in [1.54, 1.807) is 12.1 Å². The molecule has 122 valence electrons. The number of aryl methyl sites for hydroxylation is 1. The maximum atomic E-state index is 12.3. The molecule has 0 saturated carbocycles. The van der Waals surface area contributed by atoms with Gasteiger partial charge in [0.05, 0.1) is 11.6 Å². The van der Waals surface area contributed by atoms with Gasteiger partial charge in [0.2, 0.25) is 0 Å². The van der Waals surface area contributed by atoms with Crippen molar-refractivity contribution in [1.29, 1.82) is 5.26 Å². The van der Waals surface area contributed by atoms with Crippen LogP contribution < -0.4 is 10.6 Å². The molecule has 2 N–H and O–H groups in total. The van der Waals surface area contributed by atoms with Gasteiger partial charge in [-0.05, 0) is 67.1 Å². The Morgan fingerprint density at radius 3 is 2.00 bits per heavy atom. The van der Waals surface area contributed by atoms with E-state index in [0.29, 0.717) is 11.1 Å². The van der Waals surface area contributed by atoms with Gasteiger partial charge in [0, 0.05) is 22.6 Å². The quantitative estimate of drug-likeness (QED) is 0.719. The lowest BCUT2D eigenvalue weighted by Gasteiger charge is -2.10. The Hall–Kier alpha value is -3.58. The van der Waals surface area contributed by atoms with Crippen LogP contribution in [0.4, 0.5) is 17.1 Å². The van der Waals surface area contributed by atoms with Crippen LogP contribution in [-0.2, 0) is 0 Å². The Balaban J connectivity index is 1.67. The summed E-state index contributed by atoms with van der Waals surface area (Å²) >= 11 is 0. The van der Waals surface area contributed by atoms with Crippen molar-refractivity contribution in [2.24, 2.45) is 0 Å². The SMILES string of the molecule is Cc1ccccc1C(=O)Nc1ccc(Nc2ccc(C#N)cc2)cc1. The van der Waals surface area contributed by atoms with Crippen LogP contribution in [0.3, 0.4) is 0 Å².